The van der Waals surface area contributed by atoms with Crippen LogP contribution in [0.25, 0.3) is 0 Å². The Bertz CT molecular complexity index is 190. The standard InChI is InChI=1S/C4H10BrN2O3P/c5-1-2-7-4(6)3-11(8,9)10/h1-3H2,(H2,6,7)(H2,8,9,10). The Morgan fingerprint density at radius 3 is 2.55 bits per heavy atom. The van der Waals surface area contributed by atoms with Gasteiger partial charge in [0.25, 0.3) is 0 Å². The van der Waals surface area contributed by atoms with E-state index >= 15 is 0 Å². The zero-order chi connectivity index (χ0) is 8.91. The normalized spacial score (nSPS) is 13.5. The first kappa shape index (κ1) is 11.1. The van der Waals surface area contributed by atoms with E-state index in [-0.39, 0.29) is 5.84 Å². The van der Waals surface area contributed by atoms with Crippen LogP contribution in [0.5, 0.6) is 0 Å². The first-order valence-electron chi connectivity index (χ1n) is 2.85. The van der Waals surface area contributed by atoms with Crippen molar-refractivity contribution in [1.82, 2.24) is 0 Å². The Morgan fingerprint density at radius 1 is 1.64 bits per heavy atom. The molecule has 0 aromatic heterocycles. The Morgan fingerprint density at radius 2 is 2.18 bits per heavy atom. The lowest BCUT2D eigenvalue weighted by Gasteiger charge is -2.01. The maximum absolute atomic E-state index is 10.3. The summed E-state index contributed by atoms with van der Waals surface area (Å²) in [6, 6.07) is 0. The molecule has 0 bridgehead atoms. The highest BCUT2D eigenvalue weighted by molar-refractivity contribution is 9.09. The maximum Gasteiger partial charge on any atom is 0.333 e. The first-order valence-corrected chi connectivity index (χ1v) is 5.77. The topological polar surface area (TPSA) is 95.9 Å². The second-order valence-corrected chi connectivity index (χ2v) is 4.32. The molecule has 0 aliphatic heterocycles. The van der Waals surface area contributed by atoms with Crippen molar-refractivity contribution < 1.29 is 14.4 Å². The van der Waals surface area contributed by atoms with E-state index in [0.717, 1.165) is 0 Å². The largest absolute Gasteiger partial charge is 0.387 e. The zero-order valence-electron chi connectivity index (χ0n) is 5.77. The molecule has 0 aromatic rings. The van der Waals surface area contributed by atoms with Crippen molar-refractivity contribution in [3.05, 3.63) is 0 Å². The molecule has 0 saturated heterocycles. The van der Waals surface area contributed by atoms with E-state index in [0.29, 0.717) is 11.9 Å². The summed E-state index contributed by atoms with van der Waals surface area (Å²) >= 11 is 3.10. The van der Waals surface area contributed by atoms with Gasteiger partial charge < -0.3 is 15.5 Å². The minimum absolute atomic E-state index is 0.00205. The van der Waals surface area contributed by atoms with E-state index in [4.69, 9.17) is 15.5 Å². The molecule has 0 unspecified atom stereocenters. The van der Waals surface area contributed by atoms with Gasteiger partial charge in [0.05, 0.1) is 6.54 Å². The third-order valence-electron chi connectivity index (χ3n) is 0.767. The zero-order valence-corrected chi connectivity index (χ0v) is 8.25. The van der Waals surface area contributed by atoms with Crippen LogP contribution < -0.4 is 5.73 Å². The highest BCUT2D eigenvalue weighted by Gasteiger charge is 2.14. The summed E-state index contributed by atoms with van der Waals surface area (Å²) in [4.78, 5) is 20.5. The van der Waals surface area contributed by atoms with Gasteiger partial charge in [0.1, 0.15) is 12.0 Å². The number of nitrogens with zero attached hydrogens (tertiary/aromatic N) is 1. The summed E-state index contributed by atoms with van der Waals surface area (Å²) in [5.74, 6) is -0.00205. The molecule has 0 rings (SSSR count). The monoisotopic (exact) mass is 244 g/mol. The number of aliphatic imine (C=N–C) groups is 1. The summed E-state index contributed by atoms with van der Waals surface area (Å²) in [6.45, 7) is 0.436. The van der Waals surface area contributed by atoms with Crippen LogP contribution in [0.2, 0.25) is 0 Å². The number of hydrogen-bond acceptors (Lipinski definition) is 2. The van der Waals surface area contributed by atoms with E-state index in [1.165, 1.54) is 0 Å². The van der Waals surface area contributed by atoms with Gasteiger partial charge in [-0.3, -0.25) is 9.56 Å². The molecule has 4 N–H and O–H groups in total. The smallest absolute Gasteiger partial charge is 0.333 e. The van der Waals surface area contributed by atoms with Gasteiger partial charge in [0.15, 0.2) is 0 Å². The van der Waals surface area contributed by atoms with Crippen molar-refractivity contribution in [2.24, 2.45) is 10.7 Å². The van der Waals surface area contributed by atoms with Gasteiger partial charge in [-0.05, 0) is 0 Å². The summed E-state index contributed by atoms with van der Waals surface area (Å²) in [5, 5.41) is 0.634. The van der Waals surface area contributed by atoms with Gasteiger partial charge in [-0.1, -0.05) is 15.9 Å². The van der Waals surface area contributed by atoms with Crippen molar-refractivity contribution in [2.75, 3.05) is 18.0 Å². The van der Waals surface area contributed by atoms with Crippen molar-refractivity contribution >= 4 is 29.4 Å². The molecule has 0 spiro atoms. The molecule has 0 radical (unpaired) electrons. The Kier molecular flexibility index (Phi) is 4.92. The molecular formula is C4H10BrN2O3P. The van der Waals surface area contributed by atoms with E-state index in [1.807, 2.05) is 0 Å². The van der Waals surface area contributed by atoms with Crippen LogP contribution in [-0.4, -0.2) is 33.7 Å². The molecule has 7 heteroatoms. The SMILES string of the molecule is NC(CP(=O)(O)O)=NCCBr. The summed E-state index contributed by atoms with van der Waals surface area (Å²) in [5.41, 5.74) is 5.18. The Hall–Kier alpha value is 0.1000. The number of halogens is 1. The molecule has 66 valence electrons. The minimum atomic E-state index is -4.03. The highest BCUT2D eigenvalue weighted by Crippen LogP contribution is 2.33. The van der Waals surface area contributed by atoms with Crippen molar-refractivity contribution in [2.45, 2.75) is 0 Å². The number of rotatable bonds is 4. The summed E-state index contributed by atoms with van der Waals surface area (Å²) in [6.07, 6.45) is -0.458. The molecule has 0 saturated carbocycles. The molecule has 0 aromatic carbocycles. The average Bonchev–Trinajstić information content (AvgIpc) is 1.79. The van der Waals surface area contributed by atoms with Crippen LogP contribution in [-0.2, 0) is 4.57 Å². The minimum Gasteiger partial charge on any atom is -0.387 e. The summed E-state index contributed by atoms with van der Waals surface area (Å²) < 4.78 is 10.3. The number of nitrogens with two attached hydrogens (primary N) is 1. The van der Waals surface area contributed by atoms with E-state index in [9.17, 15) is 4.57 Å². The molecular weight excluding hydrogens is 235 g/mol. The Labute approximate surface area is 73.0 Å². The van der Waals surface area contributed by atoms with E-state index in [1.54, 1.807) is 0 Å². The van der Waals surface area contributed by atoms with E-state index in [2.05, 4.69) is 20.9 Å². The lowest BCUT2D eigenvalue weighted by atomic mass is 10.7. The van der Waals surface area contributed by atoms with Crippen molar-refractivity contribution in [3.8, 4) is 0 Å². The lowest BCUT2D eigenvalue weighted by Crippen LogP contribution is -2.17. The first-order chi connectivity index (χ1) is 4.95. The molecule has 0 aliphatic carbocycles. The van der Waals surface area contributed by atoms with Crippen molar-refractivity contribution in [3.63, 3.8) is 0 Å². The molecule has 0 atom stereocenters. The van der Waals surface area contributed by atoms with Gasteiger partial charge >= 0.3 is 7.60 Å². The maximum atomic E-state index is 10.3. The Balaban J connectivity index is 3.86. The van der Waals surface area contributed by atoms with Crippen LogP contribution >= 0.6 is 23.5 Å². The van der Waals surface area contributed by atoms with Crippen LogP contribution in [0.1, 0.15) is 0 Å². The van der Waals surface area contributed by atoms with Gasteiger partial charge in [0, 0.05) is 5.33 Å². The van der Waals surface area contributed by atoms with Gasteiger partial charge in [-0.2, -0.15) is 0 Å². The molecule has 0 heterocycles. The van der Waals surface area contributed by atoms with Gasteiger partial charge in [0.2, 0.25) is 0 Å². The number of alkyl halides is 1. The predicted octanol–water partition coefficient (Wildman–Crippen LogP) is -0.0838. The summed E-state index contributed by atoms with van der Waals surface area (Å²) in [7, 11) is -4.03. The van der Waals surface area contributed by atoms with E-state index < -0.39 is 13.8 Å². The quantitative estimate of drug-likeness (QED) is 0.279. The molecule has 0 fully saturated rings. The molecule has 11 heavy (non-hydrogen) atoms. The van der Waals surface area contributed by atoms with Crippen LogP contribution in [0, 0.1) is 0 Å². The number of hydrogen-bond donors (Lipinski definition) is 3. The molecule has 0 aliphatic rings. The number of amidine groups is 1. The van der Waals surface area contributed by atoms with Gasteiger partial charge in [-0.25, -0.2) is 0 Å². The van der Waals surface area contributed by atoms with Crippen LogP contribution in [0.15, 0.2) is 4.99 Å². The average molecular weight is 245 g/mol. The fraction of sp³-hybridized carbons (Fsp3) is 0.750. The van der Waals surface area contributed by atoms with Crippen LogP contribution in [0.3, 0.4) is 0 Å². The fourth-order valence-electron chi connectivity index (χ4n) is 0.447. The van der Waals surface area contributed by atoms with Crippen molar-refractivity contribution in [1.29, 1.82) is 0 Å². The lowest BCUT2D eigenvalue weighted by molar-refractivity contribution is 0.378. The second kappa shape index (κ2) is 4.87. The second-order valence-electron chi connectivity index (χ2n) is 1.88. The highest BCUT2D eigenvalue weighted by atomic mass is 79.9. The molecule has 5 nitrogen and oxygen atoms in total. The third-order valence-corrected chi connectivity index (χ3v) is 1.86. The predicted molar refractivity (Wildman–Crippen MR) is 47.2 cm³/mol. The third kappa shape index (κ3) is 8.00. The van der Waals surface area contributed by atoms with Crippen LogP contribution in [0.4, 0.5) is 0 Å². The molecule has 0 amide bonds. The fourth-order valence-corrected chi connectivity index (χ4v) is 1.15. The van der Waals surface area contributed by atoms with Gasteiger partial charge in [-0.15, -0.1) is 0 Å².